The first-order valence-corrected chi connectivity index (χ1v) is 7.20. The highest BCUT2D eigenvalue weighted by Crippen LogP contribution is 2.19. The predicted molar refractivity (Wildman–Crippen MR) is 71.5 cm³/mol. The molecule has 0 aliphatic carbocycles. The van der Waals surface area contributed by atoms with Crippen molar-refractivity contribution in [2.45, 2.75) is 11.4 Å². The highest BCUT2D eigenvalue weighted by molar-refractivity contribution is 7.89. The van der Waals surface area contributed by atoms with Gasteiger partial charge in [-0.25, -0.2) is 12.8 Å². The molecule has 0 aliphatic rings. The minimum Gasteiger partial charge on any atom is -0.207 e. The third-order valence-corrected chi connectivity index (χ3v) is 4.61. The van der Waals surface area contributed by atoms with Crippen molar-refractivity contribution in [3.63, 3.8) is 0 Å². The summed E-state index contributed by atoms with van der Waals surface area (Å²) in [5.74, 6) is -0.734. The summed E-state index contributed by atoms with van der Waals surface area (Å²) in [5, 5.41) is 0. The normalized spacial score (nSPS) is 11.7. The number of sulfonamides is 1. The zero-order valence-electron chi connectivity index (χ0n) is 10.5. The molecule has 2 aromatic rings. The van der Waals surface area contributed by atoms with Crippen molar-refractivity contribution < 1.29 is 12.8 Å². The van der Waals surface area contributed by atoms with Crippen molar-refractivity contribution in [2.24, 2.45) is 0 Å². The van der Waals surface area contributed by atoms with E-state index in [4.69, 9.17) is 0 Å². The fourth-order valence-corrected chi connectivity index (χ4v) is 2.97. The molecule has 2 rings (SSSR count). The van der Waals surface area contributed by atoms with Gasteiger partial charge in [-0.1, -0.05) is 42.5 Å². The van der Waals surface area contributed by atoms with Crippen LogP contribution in [-0.2, 0) is 16.6 Å². The van der Waals surface area contributed by atoms with E-state index < -0.39 is 15.8 Å². The lowest BCUT2D eigenvalue weighted by atomic mass is 10.2. The number of nitrogens with zero attached hydrogens (tertiary/aromatic N) is 1. The van der Waals surface area contributed by atoms with Crippen LogP contribution in [-0.4, -0.2) is 19.8 Å². The van der Waals surface area contributed by atoms with Crippen molar-refractivity contribution in [3.05, 3.63) is 66.0 Å². The fourth-order valence-electron chi connectivity index (χ4n) is 1.75. The summed E-state index contributed by atoms with van der Waals surface area (Å²) in [6.07, 6.45) is 0. The number of benzene rings is 2. The monoisotopic (exact) mass is 279 g/mol. The first-order chi connectivity index (χ1) is 9.01. The van der Waals surface area contributed by atoms with Crippen LogP contribution in [0.3, 0.4) is 0 Å². The van der Waals surface area contributed by atoms with Gasteiger partial charge in [-0.15, -0.1) is 0 Å². The molecule has 0 atom stereocenters. The molecule has 0 aromatic heterocycles. The third-order valence-electron chi connectivity index (χ3n) is 2.77. The first-order valence-electron chi connectivity index (χ1n) is 5.76. The number of hydrogen-bond donors (Lipinski definition) is 0. The third kappa shape index (κ3) is 3.00. The Kier molecular flexibility index (Phi) is 3.97. The molecule has 0 spiro atoms. The van der Waals surface area contributed by atoms with E-state index in [1.54, 1.807) is 0 Å². The molecule has 3 nitrogen and oxygen atoms in total. The van der Waals surface area contributed by atoms with Gasteiger partial charge in [0.05, 0.1) is 0 Å². The Morgan fingerprint density at radius 2 is 1.58 bits per heavy atom. The van der Waals surface area contributed by atoms with Crippen LogP contribution in [0.2, 0.25) is 0 Å². The Morgan fingerprint density at radius 3 is 2.21 bits per heavy atom. The Morgan fingerprint density at radius 1 is 1.00 bits per heavy atom. The summed E-state index contributed by atoms with van der Waals surface area (Å²) in [7, 11) is -2.37. The van der Waals surface area contributed by atoms with Crippen LogP contribution in [0.5, 0.6) is 0 Å². The van der Waals surface area contributed by atoms with Crippen molar-refractivity contribution in [3.8, 4) is 0 Å². The van der Waals surface area contributed by atoms with E-state index in [1.165, 1.54) is 25.2 Å². The van der Waals surface area contributed by atoms with Gasteiger partial charge in [0.15, 0.2) is 0 Å². The molecule has 0 heterocycles. The van der Waals surface area contributed by atoms with E-state index in [0.29, 0.717) is 0 Å². The van der Waals surface area contributed by atoms with Gasteiger partial charge in [0, 0.05) is 13.6 Å². The predicted octanol–water partition coefficient (Wildman–Crippen LogP) is 2.65. The SMILES string of the molecule is CN(Cc1ccccc1)S(=O)(=O)c1ccccc1F. The molecule has 19 heavy (non-hydrogen) atoms. The fraction of sp³-hybridized carbons (Fsp3) is 0.143. The summed E-state index contributed by atoms with van der Waals surface area (Å²) in [6.45, 7) is 0.206. The van der Waals surface area contributed by atoms with Gasteiger partial charge >= 0.3 is 0 Å². The van der Waals surface area contributed by atoms with E-state index in [2.05, 4.69) is 0 Å². The van der Waals surface area contributed by atoms with E-state index in [9.17, 15) is 12.8 Å². The molecule has 0 bridgehead atoms. The highest BCUT2D eigenvalue weighted by Gasteiger charge is 2.23. The van der Waals surface area contributed by atoms with Gasteiger partial charge in [0.2, 0.25) is 10.0 Å². The number of rotatable bonds is 4. The van der Waals surface area contributed by atoms with Crippen molar-refractivity contribution in [2.75, 3.05) is 7.05 Å². The maximum atomic E-state index is 13.6. The zero-order valence-corrected chi connectivity index (χ0v) is 11.3. The summed E-state index contributed by atoms with van der Waals surface area (Å²) in [4.78, 5) is -0.298. The molecule has 0 saturated heterocycles. The second-order valence-corrected chi connectivity index (χ2v) is 6.19. The van der Waals surface area contributed by atoms with Crippen molar-refractivity contribution in [1.82, 2.24) is 4.31 Å². The standard InChI is InChI=1S/C14H14FNO2S/c1-16(11-12-7-3-2-4-8-12)19(17,18)14-10-6-5-9-13(14)15/h2-10H,11H2,1H3. The lowest BCUT2D eigenvalue weighted by molar-refractivity contribution is 0.460. The minimum atomic E-state index is -3.81. The van der Waals surface area contributed by atoms with Crippen LogP contribution >= 0.6 is 0 Å². The summed E-state index contributed by atoms with van der Waals surface area (Å²) in [6, 6.07) is 14.6. The maximum absolute atomic E-state index is 13.6. The van der Waals surface area contributed by atoms with Crippen LogP contribution in [0.4, 0.5) is 4.39 Å². The van der Waals surface area contributed by atoms with E-state index in [0.717, 1.165) is 15.9 Å². The molecule has 2 aromatic carbocycles. The van der Waals surface area contributed by atoms with Crippen LogP contribution in [0, 0.1) is 5.82 Å². The molecule has 0 aliphatic heterocycles. The Labute approximate surface area is 112 Å². The molecule has 0 unspecified atom stereocenters. The molecule has 0 saturated carbocycles. The summed E-state index contributed by atoms with van der Waals surface area (Å²) >= 11 is 0. The van der Waals surface area contributed by atoms with Crippen LogP contribution in [0.1, 0.15) is 5.56 Å². The van der Waals surface area contributed by atoms with Gasteiger partial charge < -0.3 is 0 Å². The van der Waals surface area contributed by atoms with Gasteiger partial charge in [-0.2, -0.15) is 4.31 Å². The highest BCUT2D eigenvalue weighted by atomic mass is 32.2. The average molecular weight is 279 g/mol. The second kappa shape index (κ2) is 5.50. The Hall–Kier alpha value is -1.72. The molecular formula is C14H14FNO2S. The summed E-state index contributed by atoms with van der Waals surface area (Å²) < 4.78 is 39.2. The molecule has 0 amide bonds. The molecule has 5 heteroatoms. The van der Waals surface area contributed by atoms with Crippen LogP contribution < -0.4 is 0 Å². The molecule has 100 valence electrons. The van der Waals surface area contributed by atoms with E-state index in [1.807, 2.05) is 30.3 Å². The lowest BCUT2D eigenvalue weighted by Crippen LogP contribution is -2.27. The first kappa shape index (κ1) is 13.7. The van der Waals surface area contributed by atoms with E-state index in [-0.39, 0.29) is 11.4 Å². The Bertz CT molecular complexity index is 656. The van der Waals surface area contributed by atoms with Crippen molar-refractivity contribution in [1.29, 1.82) is 0 Å². The molecular weight excluding hydrogens is 265 g/mol. The summed E-state index contributed by atoms with van der Waals surface area (Å²) in [5.41, 5.74) is 0.852. The van der Waals surface area contributed by atoms with Gasteiger partial charge in [-0.05, 0) is 17.7 Å². The van der Waals surface area contributed by atoms with Crippen LogP contribution in [0.25, 0.3) is 0 Å². The van der Waals surface area contributed by atoms with Crippen molar-refractivity contribution >= 4 is 10.0 Å². The second-order valence-electron chi connectivity index (χ2n) is 4.18. The van der Waals surface area contributed by atoms with Gasteiger partial charge in [-0.3, -0.25) is 0 Å². The zero-order chi connectivity index (χ0) is 13.9. The van der Waals surface area contributed by atoms with E-state index >= 15 is 0 Å². The molecule has 0 N–H and O–H groups in total. The molecule has 0 radical (unpaired) electrons. The molecule has 0 fully saturated rings. The average Bonchev–Trinajstić information content (AvgIpc) is 2.40. The minimum absolute atomic E-state index is 0.206. The lowest BCUT2D eigenvalue weighted by Gasteiger charge is -2.17. The topological polar surface area (TPSA) is 37.4 Å². The number of hydrogen-bond acceptors (Lipinski definition) is 2. The largest absolute Gasteiger partial charge is 0.246 e. The maximum Gasteiger partial charge on any atom is 0.246 e. The smallest absolute Gasteiger partial charge is 0.207 e. The number of halogens is 1. The quantitative estimate of drug-likeness (QED) is 0.863. The van der Waals surface area contributed by atoms with Gasteiger partial charge in [0.1, 0.15) is 10.7 Å². The van der Waals surface area contributed by atoms with Crippen LogP contribution in [0.15, 0.2) is 59.5 Å². The Balaban J connectivity index is 2.28. The van der Waals surface area contributed by atoms with Gasteiger partial charge in [0.25, 0.3) is 0 Å².